The number of nitrogens with zero attached hydrogens (tertiary/aromatic N) is 1. The SMILES string of the molecule is CCCC1O[C@@H]2C[C@H]3[C@@H]4CCC5=CC(=O)C=C[C@]5(C)[C@H]4[C@@H](O)C[C@]3(C)[C@]2(C(=O)COC(=O)CCNC(=O)CCCCCO[N+](=O)[O-])O1. The van der Waals surface area contributed by atoms with E-state index in [0.717, 1.165) is 24.8 Å². The summed E-state index contributed by atoms with van der Waals surface area (Å²) in [7, 11) is 0. The molecule has 0 aromatic rings. The summed E-state index contributed by atoms with van der Waals surface area (Å²) in [5.74, 6) is -1.30. The lowest BCUT2D eigenvalue weighted by atomic mass is 9.46. The van der Waals surface area contributed by atoms with Crippen molar-refractivity contribution >= 4 is 23.4 Å². The number of rotatable bonds is 15. The quantitative estimate of drug-likeness (QED) is 0.114. The monoisotopic (exact) mass is 660 g/mol. The maximum absolute atomic E-state index is 14.2. The predicted molar refractivity (Wildman–Crippen MR) is 166 cm³/mol. The van der Waals surface area contributed by atoms with Crippen molar-refractivity contribution in [3.63, 3.8) is 0 Å². The molecule has 0 spiro atoms. The number of aliphatic hydroxyl groups excluding tert-OH is 1. The van der Waals surface area contributed by atoms with Crippen LogP contribution in [0.4, 0.5) is 0 Å². The minimum absolute atomic E-state index is 0.0161. The van der Waals surface area contributed by atoms with Crippen LogP contribution in [0, 0.1) is 38.7 Å². The first-order chi connectivity index (χ1) is 22.4. The third kappa shape index (κ3) is 6.63. The molecule has 260 valence electrons. The molecule has 4 aliphatic carbocycles. The number of unbranched alkanes of at least 4 members (excludes halogenated alkanes) is 2. The van der Waals surface area contributed by atoms with Crippen molar-refractivity contribution in [3.05, 3.63) is 33.9 Å². The highest BCUT2D eigenvalue weighted by molar-refractivity contribution is 6.01. The van der Waals surface area contributed by atoms with E-state index in [4.69, 9.17) is 14.2 Å². The maximum Gasteiger partial charge on any atom is 0.308 e. The third-order valence-corrected chi connectivity index (χ3v) is 11.5. The van der Waals surface area contributed by atoms with E-state index in [0.29, 0.717) is 38.5 Å². The summed E-state index contributed by atoms with van der Waals surface area (Å²) in [6, 6.07) is 0. The molecule has 1 unspecified atom stereocenters. The standard InChI is InChI=1S/C34H48N2O11/c1-4-8-30-46-27-18-24-23-11-10-21-17-22(37)12-14-32(21,2)31(23)25(38)19-33(24,3)34(27,47-30)26(39)20-44-29(41)13-15-35-28(40)9-6-5-7-16-45-36(42)43/h12,14,17,23-25,27,30-31,38H,4-11,13,15-16,18-20H2,1-3H3,(H,35,40)/t23-,24-,25-,27+,30?,31+,32-,33-,34+/m0/s1. The number of nitrogens with one attached hydrogen (secondary N) is 1. The van der Waals surface area contributed by atoms with Crippen LogP contribution < -0.4 is 5.32 Å². The van der Waals surface area contributed by atoms with Crippen molar-refractivity contribution in [2.24, 2.45) is 28.6 Å². The van der Waals surface area contributed by atoms with Crippen LogP contribution in [0.5, 0.6) is 0 Å². The number of Topliss-reactive ketones (excluding diaryl/α,β-unsaturated/α-hetero) is 1. The number of hydrogen-bond donors (Lipinski definition) is 2. The van der Waals surface area contributed by atoms with Crippen LogP contribution in [0.15, 0.2) is 23.8 Å². The van der Waals surface area contributed by atoms with Crippen molar-refractivity contribution in [2.45, 2.75) is 115 Å². The molecule has 5 rings (SSSR count). The molecule has 0 radical (unpaired) electrons. The second-order valence-corrected chi connectivity index (χ2v) is 14.2. The van der Waals surface area contributed by atoms with E-state index >= 15 is 0 Å². The Morgan fingerprint density at radius 2 is 1.98 bits per heavy atom. The Balaban J connectivity index is 1.21. The molecule has 0 aromatic heterocycles. The van der Waals surface area contributed by atoms with Gasteiger partial charge in [-0.3, -0.25) is 19.2 Å². The molecule has 1 saturated heterocycles. The van der Waals surface area contributed by atoms with Gasteiger partial charge in [0.1, 0.15) is 0 Å². The fourth-order valence-electron chi connectivity index (χ4n) is 9.43. The first-order valence-corrected chi connectivity index (χ1v) is 17.0. The number of amides is 1. The lowest BCUT2D eigenvalue weighted by molar-refractivity contribution is -0.757. The molecule has 1 amide bonds. The number of carbonyl (C=O) groups excluding carboxylic acids is 4. The average molecular weight is 661 g/mol. The molecule has 1 heterocycles. The van der Waals surface area contributed by atoms with Crippen LogP contribution in [0.3, 0.4) is 0 Å². The van der Waals surface area contributed by atoms with Crippen LogP contribution in [0.25, 0.3) is 0 Å². The zero-order chi connectivity index (χ0) is 34.0. The third-order valence-electron chi connectivity index (χ3n) is 11.5. The summed E-state index contributed by atoms with van der Waals surface area (Å²) in [5, 5.41) is 23.8. The van der Waals surface area contributed by atoms with Gasteiger partial charge in [-0.15, -0.1) is 10.1 Å². The number of aliphatic hydroxyl groups is 1. The molecule has 4 fully saturated rings. The van der Waals surface area contributed by atoms with Gasteiger partial charge in [0.25, 0.3) is 5.09 Å². The molecule has 3 saturated carbocycles. The molecular weight excluding hydrogens is 612 g/mol. The van der Waals surface area contributed by atoms with Gasteiger partial charge >= 0.3 is 5.97 Å². The van der Waals surface area contributed by atoms with Gasteiger partial charge in [0.2, 0.25) is 11.7 Å². The predicted octanol–water partition coefficient (Wildman–Crippen LogP) is 3.54. The number of carbonyl (C=O) groups is 4. The number of ketones is 2. The van der Waals surface area contributed by atoms with Gasteiger partial charge in [-0.05, 0) is 68.9 Å². The van der Waals surface area contributed by atoms with E-state index in [-0.39, 0.29) is 61.2 Å². The van der Waals surface area contributed by atoms with Crippen molar-refractivity contribution in [2.75, 3.05) is 19.8 Å². The van der Waals surface area contributed by atoms with E-state index in [9.17, 15) is 34.4 Å². The second kappa shape index (κ2) is 14.1. The number of hydrogen-bond acceptors (Lipinski definition) is 11. The van der Waals surface area contributed by atoms with Crippen LogP contribution in [-0.2, 0) is 38.2 Å². The van der Waals surface area contributed by atoms with Crippen LogP contribution in [0.2, 0.25) is 0 Å². The summed E-state index contributed by atoms with van der Waals surface area (Å²) in [4.78, 5) is 65.5. The molecule has 13 heteroatoms. The molecule has 2 N–H and O–H groups in total. The van der Waals surface area contributed by atoms with Gasteiger partial charge in [0.05, 0.1) is 25.2 Å². The molecule has 9 atom stereocenters. The summed E-state index contributed by atoms with van der Waals surface area (Å²) >= 11 is 0. The highest BCUT2D eigenvalue weighted by Crippen LogP contribution is 2.69. The van der Waals surface area contributed by atoms with Gasteiger partial charge in [-0.1, -0.05) is 45.3 Å². The van der Waals surface area contributed by atoms with Crippen molar-refractivity contribution < 1.29 is 48.4 Å². The zero-order valence-electron chi connectivity index (χ0n) is 27.6. The highest BCUT2D eigenvalue weighted by Gasteiger charge is 2.75. The minimum Gasteiger partial charge on any atom is -0.457 e. The summed E-state index contributed by atoms with van der Waals surface area (Å²) < 4.78 is 18.4. The van der Waals surface area contributed by atoms with E-state index in [1.165, 1.54) is 0 Å². The second-order valence-electron chi connectivity index (χ2n) is 14.2. The first kappa shape index (κ1) is 35.2. The van der Waals surface area contributed by atoms with Gasteiger partial charge in [0, 0.05) is 29.7 Å². The Morgan fingerprint density at radius 3 is 2.72 bits per heavy atom. The topological polar surface area (TPSA) is 181 Å². The van der Waals surface area contributed by atoms with Crippen molar-refractivity contribution in [1.82, 2.24) is 5.32 Å². The summed E-state index contributed by atoms with van der Waals surface area (Å²) in [5.41, 5.74) is -1.54. The van der Waals surface area contributed by atoms with Gasteiger partial charge in [-0.25, -0.2) is 0 Å². The van der Waals surface area contributed by atoms with Crippen molar-refractivity contribution in [1.29, 1.82) is 0 Å². The Morgan fingerprint density at radius 1 is 1.19 bits per heavy atom. The molecule has 13 nitrogen and oxygen atoms in total. The van der Waals surface area contributed by atoms with Crippen LogP contribution >= 0.6 is 0 Å². The number of fused-ring (bicyclic) bond motifs is 7. The molecule has 47 heavy (non-hydrogen) atoms. The number of esters is 1. The number of ether oxygens (including phenoxy) is 3. The Labute approximate surface area is 274 Å². The summed E-state index contributed by atoms with van der Waals surface area (Å²) in [6.45, 7) is 5.67. The Hall–Kier alpha value is -3.16. The Kier molecular flexibility index (Phi) is 10.6. The molecule has 1 aliphatic heterocycles. The summed E-state index contributed by atoms with van der Waals surface area (Å²) in [6.07, 6.45) is 8.94. The molecular formula is C34H48N2O11. The minimum atomic E-state index is -1.38. The fourth-order valence-corrected chi connectivity index (χ4v) is 9.43. The smallest absolute Gasteiger partial charge is 0.308 e. The van der Waals surface area contributed by atoms with Crippen LogP contribution in [-0.4, -0.2) is 77.5 Å². The lowest BCUT2D eigenvalue weighted by Crippen LogP contribution is -2.63. The van der Waals surface area contributed by atoms with E-state index in [1.807, 2.05) is 19.9 Å². The van der Waals surface area contributed by atoms with Gasteiger partial charge < -0.3 is 29.5 Å². The zero-order valence-corrected chi connectivity index (χ0v) is 27.6. The van der Waals surface area contributed by atoms with E-state index in [1.54, 1.807) is 12.2 Å². The normalized spacial score (nSPS) is 36.8. The number of allylic oxidation sites excluding steroid dienone is 4. The first-order valence-electron chi connectivity index (χ1n) is 17.0. The molecule has 5 aliphatic rings. The largest absolute Gasteiger partial charge is 0.457 e. The molecule has 0 bridgehead atoms. The van der Waals surface area contributed by atoms with E-state index in [2.05, 4.69) is 17.1 Å². The molecule has 0 aromatic carbocycles. The average Bonchev–Trinajstić information content (AvgIpc) is 3.49. The van der Waals surface area contributed by atoms with E-state index < -0.39 is 52.6 Å². The maximum atomic E-state index is 14.2. The van der Waals surface area contributed by atoms with Crippen LogP contribution in [0.1, 0.15) is 91.4 Å². The highest BCUT2D eigenvalue weighted by atomic mass is 16.9. The van der Waals surface area contributed by atoms with Crippen molar-refractivity contribution in [3.8, 4) is 0 Å². The Bertz CT molecular complexity index is 1310. The van der Waals surface area contributed by atoms with Gasteiger partial charge in [-0.2, -0.15) is 0 Å². The van der Waals surface area contributed by atoms with Gasteiger partial charge in [0.15, 0.2) is 24.3 Å². The lowest BCUT2D eigenvalue weighted by Gasteiger charge is -2.59. The fraction of sp³-hybridized carbons (Fsp3) is 0.765.